The van der Waals surface area contributed by atoms with Crippen LogP contribution in [0.3, 0.4) is 0 Å². The molecule has 4 saturated carbocycles. The van der Waals surface area contributed by atoms with Crippen molar-refractivity contribution >= 4 is 5.97 Å². The highest BCUT2D eigenvalue weighted by Crippen LogP contribution is 2.61. The lowest BCUT2D eigenvalue weighted by atomic mass is 9.57. The number of allylic oxidation sites excluding steroid dienone is 3. The lowest BCUT2D eigenvalue weighted by Gasteiger charge is -2.50. The van der Waals surface area contributed by atoms with Gasteiger partial charge in [-0.25, -0.2) is 0 Å². The van der Waals surface area contributed by atoms with Gasteiger partial charge in [0.25, 0.3) is 0 Å². The number of carbonyl (C=O) groups is 1. The summed E-state index contributed by atoms with van der Waals surface area (Å²) >= 11 is 0. The number of fused-ring (bicyclic) bond motifs is 1. The molecule has 0 aliphatic heterocycles. The first-order valence-electron chi connectivity index (χ1n) is 16.6. The predicted octanol–water partition coefficient (Wildman–Crippen LogP) is 6.55. The maximum Gasteiger partial charge on any atom is 0.315 e. The van der Waals surface area contributed by atoms with Gasteiger partial charge < -0.3 is 25.8 Å². The van der Waals surface area contributed by atoms with E-state index in [2.05, 4.69) is 53.3 Å². The second kappa shape index (κ2) is 14.4. The summed E-state index contributed by atoms with van der Waals surface area (Å²) in [6.07, 6.45) is 15.9. The molecule has 6 nitrogen and oxygen atoms in total. The van der Waals surface area contributed by atoms with Crippen LogP contribution in [0.1, 0.15) is 112 Å². The summed E-state index contributed by atoms with van der Waals surface area (Å²) in [7, 11) is 0. The summed E-state index contributed by atoms with van der Waals surface area (Å²) in [5.41, 5.74) is 8.84. The van der Waals surface area contributed by atoms with Crippen molar-refractivity contribution in [2.75, 3.05) is 6.61 Å². The third-order valence-electron chi connectivity index (χ3n) is 10.9. The van der Waals surface area contributed by atoms with Crippen LogP contribution < -0.4 is 5.73 Å². The van der Waals surface area contributed by atoms with E-state index in [1.54, 1.807) is 0 Å². The Labute approximate surface area is 255 Å². The van der Waals surface area contributed by atoms with Crippen LogP contribution in [0.4, 0.5) is 0 Å². The van der Waals surface area contributed by atoms with Gasteiger partial charge in [-0.05, 0) is 91.8 Å². The quantitative estimate of drug-likeness (QED) is 0.139. The molecule has 4 aliphatic rings. The number of rotatable bonds is 9. The van der Waals surface area contributed by atoms with E-state index in [9.17, 15) is 20.1 Å². The Balaban J connectivity index is 0.00000155. The molecule has 5 N–H and O–H groups in total. The number of aliphatic hydroxyl groups excluding tert-OH is 3. The second-order valence-corrected chi connectivity index (χ2v) is 13.9. The van der Waals surface area contributed by atoms with Crippen molar-refractivity contribution in [3.63, 3.8) is 0 Å². The largest absolute Gasteiger partial charge is 0.465 e. The van der Waals surface area contributed by atoms with E-state index in [4.69, 9.17) is 10.5 Å². The molecule has 0 saturated heterocycles. The molecule has 0 bridgehead atoms. The first kappa shape index (κ1) is 34.8. The summed E-state index contributed by atoms with van der Waals surface area (Å²) in [4.78, 5) is 12.6. The Bertz CT molecular complexity index is 1040. The highest BCUT2D eigenvalue weighted by Gasteiger charge is 2.59. The number of unbranched alkanes of at least 4 members (excludes halogenated alkanes) is 1. The summed E-state index contributed by atoms with van der Waals surface area (Å²) in [5, 5.41) is 31.8. The molecule has 0 spiro atoms. The van der Waals surface area contributed by atoms with E-state index in [1.807, 2.05) is 19.1 Å². The molecular weight excluding hydrogens is 526 g/mol. The van der Waals surface area contributed by atoms with Crippen molar-refractivity contribution in [3.8, 4) is 0 Å². The molecule has 0 heterocycles. The van der Waals surface area contributed by atoms with E-state index >= 15 is 0 Å². The van der Waals surface area contributed by atoms with Crippen LogP contribution in [0.25, 0.3) is 0 Å². The van der Waals surface area contributed by atoms with Gasteiger partial charge in [0.1, 0.15) is 0 Å². The van der Waals surface area contributed by atoms with E-state index in [-0.39, 0.29) is 23.2 Å². The zero-order valence-electron chi connectivity index (χ0n) is 27.2. The normalized spacial score (nSPS) is 37.2. The highest BCUT2D eigenvalue weighted by atomic mass is 16.5. The van der Waals surface area contributed by atoms with Gasteiger partial charge in [-0.15, -0.1) is 0 Å². The highest BCUT2D eigenvalue weighted by molar-refractivity contribution is 5.81. The van der Waals surface area contributed by atoms with Crippen LogP contribution in [-0.2, 0) is 9.53 Å². The first-order chi connectivity index (χ1) is 19.8. The smallest absolute Gasteiger partial charge is 0.315 e. The van der Waals surface area contributed by atoms with Gasteiger partial charge in [-0.1, -0.05) is 85.3 Å². The number of hydrogen-bond acceptors (Lipinski definition) is 6. The number of nitrogens with two attached hydrogens (primary N) is 1. The van der Waals surface area contributed by atoms with Crippen LogP contribution in [0.2, 0.25) is 0 Å². The van der Waals surface area contributed by atoms with E-state index < -0.39 is 29.3 Å². The lowest BCUT2D eigenvalue weighted by molar-refractivity contribution is -0.153. The van der Waals surface area contributed by atoms with Crippen molar-refractivity contribution in [2.45, 2.75) is 136 Å². The van der Waals surface area contributed by atoms with Crippen LogP contribution in [0, 0.1) is 28.6 Å². The van der Waals surface area contributed by atoms with Crippen molar-refractivity contribution in [3.05, 3.63) is 47.6 Å². The first-order valence-corrected chi connectivity index (χ1v) is 16.6. The van der Waals surface area contributed by atoms with Gasteiger partial charge in [-0.2, -0.15) is 0 Å². The number of ether oxygens (including phenoxy) is 1. The molecule has 0 aromatic rings. The maximum absolute atomic E-state index is 12.6. The molecule has 4 unspecified atom stereocenters. The molecular formula is C36H59NO5. The molecule has 4 fully saturated rings. The van der Waals surface area contributed by atoms with Gasteiger partial charge in [0.2, 0.25) is 0 Å². The van der Waals surface area contributed by atoms with Gasteiger partial charge >= 0.3 is 5.97 Å². The molecule has 238 valence electrons. The molecule has 0 aromatic carbocycles. The lowest BCUT2D eigenvalue weighted by Crippen LogP contribution is -2.56. The van der Waals surface area contributed by atoms with Crippen molar-refractivity contribution in [1.82, 2.24) is 0 Å². The Hall–Kier alpha value is -1.73. The molecule has 42 heavy (non-hydrogen) atoms. The Morgan fingerprint density at radius 1 is 1.14 bits per heavy atom. The Kier molecular flexibility index (Phi) is 11.9. The van der Waals surface area contributed by atoms with Gasteiger partial charge in [0.05, 0.1) is 30.3 Å². The molecule has 6 heteroatoms. The van der Waals surface area contributed by atoms with Gasteiger partial charge in [-0.3, -0.25) is 4.79 Å². The standard InChI is InChI=1S/C33H51NO5.C3H8/c1-6-7-19-39-30(38)32(17-18-32)28(36)13-10-21(2)26-14-16-33(34)25(9-8-15-31(26,33)5)12-11-24-20-27(35)23(4)29(37)22(24)3;1-3-2/h10-13,21,23,26-29,35-37H,3,6-9,14-20,34H2,1-2,4-5H3;3H2,1-2H3/b13-10+,24-11-,25-12+;/t21-,23?,26-,27?,28+,29?,31?,33-;/m1./s1. The number of carbonyl (C=O) groups excluding carboxylic acids is 1. The summed E-state index contributed by atoms with van der Waals surface area (Å²) in [6.45, 7) is 17.2. The van der Waals surface area contributed by atoms with E-state index in [0.29, 0.717) is 37.4 Å². The van der Waals surface area contributed by atoms with Crippen molar-refractivity contribution < 1.29 is 24.9 Å². The SMILES string of the molecule is C=C1/C(=C\C=C2/CCCC3(C)[C@@H]([C@H](C)/C=C/[C@H](O)C4(C(=O)OCCCC)CC4)CC[C@@]23N)CC(O)C(C)C1O.CCC. The minimum Gasteiger partial charge on any atom is -0.465 e. The number of aliphatic hydroxyl groups is 3. The molecule has 0 aromatic heterocycles. The molecule has 4 aliphatic carbocycles. The fourth-order valence-electron chi connectivity index (χ4n) is 7.64. The molecule has 4 rings (SSSR count). The molecule has 8 atom stereocenters. The fourth-order valence-corrected chi connectivity index (χ4v) is 7.64. The van der Waals surface area contributed by atoms with E-state index in [1.165, 1.54) is 12.0 Å². The fraction of sp³-hybridized carbons (Fsp3) is 0.750. The minimum atomic E-state index is -0.823. The predicted molar refractivity (Wildman–Crippen MR) is 171 cm³/mol. The number of hydrogen-bond donors (Lipinski definition) is 4. The zero-order valence-corrected chi connectivity index (χ0v) is 27.2. The average molecular weight is 586 g/mol. The van der Waals surface area contributed by atoms with Crippen molar-refractivity contribution in [2.24, 2.45) is 34.3 Å². The summed E-state index contributed by atoms with van der Waals surface area (Å²) in [6, 6.07) is 0. The third kappa shape index (κ3) is 6.82. The zero-order chi connectivity index (χ0) is 31.3. The summed E-state index contributed by atoms with van der Waals surface area (Å²) in [5.74, 6) is 0.0971. The maximum atomic E-state index is 12.6. The Morgan fingerprint density at radius 2 is 1.81 bits per heavy atom. The third-order valence-corrected chi connectivity index (χ3v) is 10.9. The average Bonchev–Trinajstić information content (AvgIpc) is 3.72. The van der Waals surface area contributed by atoms with E-state index in [0.717, 1.165) is 50.5 Å². The monoisotopic (exact) mass is 585 g/mol. The molecule has 0 amide bonds. The van der Waals surface area contributed by atoms with Gasteiger partial charge in [0, 0.05) is 11.5 Å². The second-order valence-electron chi connectivity index (χ2n) is 13.9. The van der Waals surface area contributed by atoms with Crippen LogP contribution >= 0.6 is 0 Å². The van der Waals surface area contributed by atoms with Crippen molar-refractivity contribution in [1.29, 1.82) is 0 Å². The number of esters is 1. The Morgan fingerprint density at radius 3 is 2.43 bits per heavy atom. The molecule has 0 radical (unpaired) electrons. The van der Waals surface area contributed by atoms with Crippen LogP contribution in [0.15, 0.2) is 47.6 Å². The topological polar surface area (TPSA) is 113 Å². The van der Waals surface area contributed by atoms with Crippen LogP contribution in [-0.4, -0.2) is 51.7 Å². The summed E-state index contributed by atoms with van der Waals surface area (Å²) < 4.78 is 5.45. The van der Waals surface area contributed by atoms with Gasteiger partial charge in [0.15, 0.2) is 0 Å². The minimum absolute atomic E-state index is 0.0856. The van der Waals surface area contributed by atoms with Crippen LogP contribution in [0.5, 0.6) is 0 Å².